The minimum absolute atomic E-state index is 0.801. The first-order chi connectivity index (χ1) is 6.45. The molecule has 1 aromatic rings. The standard InChI is InChI=1S/C11H12S2/c1-2-4-9-8(3-1)7-10-11(9)13-6-5-12-10/h1-4,10-11H,5-7H2/t10-,11+/m1/s1. The Bertz CT molecular complexity index is 322. The van der Waals surface area contributed by atoms with Crippen molar-refractivity contribution in [2.75, 3.05) is 11.5 Å². The zero-order valence-electron chi connectivity index (χ0n) is 7.40. The van der Waals surface area contributed by atoms with Crippen molar-refractivity contribution >= 4 is 23.5 Å². The van der Waals surface area contributed by atoms with Crippen LogP contribution in [0.2, 0.25) is 0 Å². The van der Waals surface area contributed by atoms with Crippen molar-refractivity contribution in [2.45, 2.75) is 16.9 Å². The van der Waals surface area contributed by atoms with Crippen LogP contribution in [0.4, 0.5) is 0 Å². The summed E-state index contributed by atoms with van der Waals surface area (Å²) in [5, 5.41) is 1.67. The first-order valence-corrected chi connectivity index (χ1v) is 6.86. The van der Waals surface area contributed by atoms with E-state index in [4.69, 9.17) is 0 Å². The molecule has 2 heteroatoms. The molecule has 2 aliphatic rings. The van der Waals surface area contributed by atoms with Crippen molar-refractivity contribution in [3.05, 3.63) is 35.4 Å². The molecular weight excluding hydrogens is 196 g/mol. The summed E-state index contributed by atoms with van der Waals surface area (Å²) in [6.07, 6.45) is 1.30. The first-order valence-electron chi connectivity index (χ1n) is 4.76. The lowest BCUT2D eigenvalue weighted by Crippen LogP contribution is -2.14. The number of hydrogen-bond acceptors (Lipinski definition) is 2. The number of benzene rings is 1. The Morgan fingerprint density at radius 3 is 2.92 bits per heavy atom. The van der Waals surface area contributed by atoms with Gasteiger partial charge in [-0.2, -0.15) is 23.5 Å². The highest BCUT2D eigenvalue weighted by Gasteiger charge is 2.34. The first kappa shape index (κ1) is 8.25. The van der Waals surface area contributed by atoms with Crippen molar-refractivity contribution in [1.82, 2.24) is 0 Å². The molecule has 1 saturated heterocycles. The van der Waals surface area contributed by atoms with Crippen molar-refractivity contribution in [3.8, 4) is 0 Å². The van der Waals surface area contributed by atoms with Crippen molar-refractivity contribution in [1.29, 1.82) is 0 Å². The number of thioether (sulfide) groups is 2. The summed E-state index contributed by atoms with van der Waals surface area (Å²) in [5.74, 6) is 2.68. The predicted molar refractivity (Wildman–Crippen MR) is 61.6 cm³/mol. The van der Waals surface area contributed by atoms with E-state index in [2.05, 4.69) is 47.8 Å². The fourth-order valence-electron chi connectivity index (χ4n) is 2.24. The molecule has 0 spiro atoms. The normalized spacial score (nSPS) is 31.1. The summed E-state index contributed by atoms with van der Waals surface area (Å²) >= 11 is 4.33. The van der Waals surface area contributed by atoms with Crippen LogP contribution in [0.15, 0.2) is 24.3 Å². The van der Waals surface area contributed by atoms with Gasteiger partial charge >= 0.3 is 0 Å². The van der Waals surface area contributed by atoms with Crippen LogP contribution in [-0.4, -0.2) is 16.8 Å². The maximum Gasteiger partial charge on any atom is 0.0422 e. The van der Waals surface area contributed by atoms with Gasteiger partial charge in [-0.25, -0.2) is 0 Å². The Balaban J connectivity index is 2.01. The molecule has 0 nitrogen and oxygen atoms in total. The Hall–Kier alpha value is -0.0800. The third-order valence-corrected chi connectivity index (χ3v) is 5.95. The van der Waals surface area contributed by atoms with Crippen LogP contribution in [0.5, 0.6) is 0 Å². The molecule has 2 atom stereocenters. The minimum Gasteiger partial charge on any atom is -0.156 e. The molecular formula is C11H12S2. The zero-order valence-corrected chi connectivity index (χ0v) is 9.03. The molecule has 1 aromatic carbocycles. The quantitative estimate of drug-likeness (QED) is 0.642. The summed E-state index contributed by atoms with van der Waals surface area (Å²) in [6, 6.07) is 8.97. The second-order valence-corrected chi connectivity index (χ2v) is 6.20. The Morgan fingerprint density at radius 2 is 1.92 bits per heavy atom. The molecule has 1 fully saturated rings. The fourth-order valence-corrected chi connectivity index (χ4v) is 5.38. The van der Waals surface area contributed by atoms with Crippen molar-refractivity contribution in [3.63, 3.8) is 0 Å². The lowest BCUT2D eigenvalue weighted by Gasteiger charge is -2.24. The van der Waals surface area contributed by atoms with Crippen molar-refractivity contribution in [2.24, 2.45) is 0 Å². The van der Waals surface area contributed by atoms with Gasteiger partial charge in [0.25, 0.3) is 0 Å². The van der Waals surface area contributed by atoms with Gasteiger partial charge in [-0.1, -0.05) is 24.3 Å². The predicted octanol–water partition coefficient (Wildman–Crippen LogP) is 3.13. The van der Waals surface area contributed by atoms with E-state index in [0.717, 1.165) is 10.5 Å². The van der Waals surface area contributed by atoms with Crippen LogP contribution in [0.1, 0.15) is 16.4 Å². The Kier molecular flexibility index (Phi) is 2.06. The van der Waals surface area contributed by atoms with Gasteiger partial charge in [0.2, 0.25) is 0 Å². The topological polar surface area (TPSA) is 0 Å². The number of fused-ring (bicyclic) bond motifs is 3. The Labute approximate surface area is 87.5 Å². The second-order valence-electron chi connectivity index (χ2n) is 3.60. The number of hydrogen-bond donors (Lipinski definition) is 0. The SMILES string of the molecule is c1ccc2c(c1)C[C@H]1SCCS[C@@H]21. The van der Waals surface area contributed by atoms with E-state index in [-0.39, 0.29) is 0 Å². The maximum atomic E-state index is 2.32. The van der Waals surface area contributed by atoms with Gasteiger partial charge in [0.15, 0.2) is 0 Å². The molecule has 0 amide bonds. The zero-order chi connectivity index (χ0) is 8.67. The lowest BCUT2D eigenvalue weighted by atomic mass is 10.1. The molecule has 0 aromatic heterocycles. The third kappa shape index (κ3) is 1.31. The van der Waals surface area contributed by atoms with E-state index in [1.54, 1.807) is 11.1 Å². The van der Waals surface area contributed by atoms with E-state index in [0.29, 0.717) is 0 Å². The van der Waals surface area contributed by atoms with Crippen LogP contribution in [0.25, 0.3) is 0 Å². The van der Waals surface area contributed by atoms with Crippen molar-refractivity contribution < 1.29 is 0 Å². The van der Waals surface area contributed by atoms with E-state index in [1.807, 2.05) is 0 Å². The molecule has 1 aliphatic carbocycles. The van der Waals surface area contributed by atoms with Gasteiger partial charge in [-0.15, -0.1) is 0 Å². The monoisotopic (exact) mass is 208 g/mol. The highest BCUT2D eigenvalue weighted by atomic mass is 32.2. The average molecular weight is 208 g/mol. The molecule has 3 rings (SSSR count). The van der Waals surface area contributed by atoms with E-state index < -0.39 is 0 Å². The molecule has 0 radical (unpaired) electrons. The van der Waals surface area contributed by atoms with Gasteiger partial charge in [-0.3, -0.25) is 0 Å². The van der Waals surface area contributed by atoms with E-state index in [1.165, 1.54) is 17.9 Å². The van der Waals surface area contributed by atoms with Gasteiger partial charge in [0, 0.05) is 22.0 Å². The summed E-state index contributed by atoms with van der Waals surface area (Å²) in [7, 11) is 0. The smallest absolute Gasteiger partial charge is 0.0422 e. The van der Waals surface area contributed by atoms with Gasteiger partial charge in [0.05, 0.1) is 0 Å². The van der Waals surface area contributed by atoms with E-state index >= 15 is 0 Å². The molecule has 1 aliphatic heterocycles. The second kappa shape index (κ2) is 3.25. The summed E-state index contributed by atoms with van der Waals surface area (Å²) in [4.78, 5) is 0. The van der Waals surface area contributed by atoms with Gasteiger partial charge < -0.3 is 0 Å². The minimum atomic E-state index is 0.801. The number of rotatable bonds is 0. The molecule has 0 saturated carbocycles. The fraction of sp³-hybridized carbons (Fsp3) is 0.455. The lowest BCUT2D eigenvalue weighted by molar-refractivity contribution is 0.906. The summed E-state index contributed by atoms with van der Waals surface area (Å²) in [6.45, 7) is 0. The van der Waals surface area contributed by atoms with Crippen LogP contribution in [0, 0.1) is 0 Å². The summed E-state index contributed by atoms with van der Waals surface area (Å²) < 4.78 is 0. The van der Waals surface area contributed by atoms with Gasteiger partial charge in [-0.05, 0) is 17.5 Å². The van der Waals surface area contributed by atoms with Crippen LogP contribution in [0.3, 0.4) is 0 Å². The summed E-state index contributed by atoms with van der Waals surface area (Å²) in [5.41, 5.74) is 3.21. The highest BCUT2D eigenvalue weighted by molar-refractivity contribution is 8.06. The molecule has 0 unspecified atom stereocenters. The third-order valence-electron chi connectivity index (χ3n) is 2.83. The van der Waals surface area contributed by atoms with Crippen LogP contribution < -0.4 is 0 Å². The average Bonchev–Trinajstić information content (AvgIpc) is 2.56. The van der Waals surface area contributed by atoms with Crippen LogP contribution in [-0.2, 0) is 6.42 Å². The molecule has 13 heavy (non-hydrogen) atoms. The molecule has 68 valence electrons. The van der Waals surface area contributed by atoms with Gasteiger partial charge in [0.1, 0.15) is 0 Å². The van der Waals surface area contributed by atoms with E-state index in [9.17, 15) is 0 Å². The maximum absolute atomic E-state index is 2.32. The molecule has 1 heterocycles. The largest absolute Gasteiger partial charge is 0.156 e. The Morgan fingerprint density at radius 1 is 1.08 bits per heavy atom. The molecule has 0 N–H and O–H groups in total. The van der Waals surface area contributed by atoms with Crippen LogP contribution >= 0.6 is 23.5 Å². The molecule has 0 bridgehead atoms. The highest BCUT2D eigenvalue weighted by Crippen LogP contribution is 2.49.